The smallest absolute Gasteiger partial charge is 0.121 e. The van der Waals surface area contributed by atoms with Gasteiger partial charge in [0.1, 0.15) is 5.60 Å². The first kappa shape index (κ1) is 13.9. The Morgan fingerprint density at radius 1 is 1.25 bits per heavy atom. The third kappa shape index (κ3) is 2.93. The number of nitrogens with zero attached hydrogens (tertiary/aromatic N) is 1. The second kappa shape index (κ2) is 5.93. The molecule has 96 valence electrons. The van der Waals surface area contributed by atoms with Gasteiger partial charge in [-0.05, 0) is 13.0 Å². The van der Waals surface area contributed by atoms with Crippen LogP contribution in [-0.4, -0.2) is 69.4 Å². The molecule has 4 N–H and O–H groups in total. The highest BCUT2D eigenvalue weighted by atomic mass is 16.4. The van der Waals surface area contributed by atoms with Gasteiger partial charge in [0.25, 0.3) is 0 Å². The summed E-state index contributed by atoms with van der Waals surface area (Å²) >= 11 is 0. The fraction of sp³-hybridized carbons (Fsp3) is 1.00. The molecule has 1 rings (SSSR count). The zero-order valence-corrected chi connectivity index (χ0v) is 9.84. The summed E-state index contributed by atoms with van der Waals surface area (Å²) in [4.78, 5) is 1.95. The van der Waals surface area contributed by atoms with E-state index in [0.717, 1.165) is 19.4 Å². The van der Waals surface area contributed by atoms with Gasteiger partial charge in [-0.3, -0.25) is 4.90 Å². The number of aliphatic hydroxyl groups is 4. The van der Waals surface area contributed by atoms with Crippen molar-refractivity contribution in [3.05, 3.63) is 0 Å². The van der Waals surface area contributed by atoms with E-state index in [1.54, 1.807) is 0 Å². The SMILES string of the molecule is CCCCN1C[C@@H](O)C(O)(CCO)[C@@H](O)C1. The van der Waals surface area contributed by atoms with Gasteiger partial charge in [0.2, 0.25) is 0 Å². The molecule has 1 aliphatic heterocycles. The molecule has 16 heavy (non-hydrogen) atoms. The van der Waals surface area contributed by atoms with Crippen LogP contribution in [-0.2, 0) is 0 Å². The zero-order chi connectivity index (χ0) is 12.2. The van der Waals surface area contributed by atoms with Crippen LogP contribution in [0.25, 0.3) is 0 Å². The Bertz CT molecular complexity index is 200. The normalized spacial score (nSPS) is 36.6. The molecule has 0 aromatic carbocycles. The third-order valence-corrected chi connectivity index (χ3v) is 3.36. The van der Waals surface area contributed by atoms with E-state index in [-0.39, 0.29) is 13.0 Å². The lowest BCUT2D eigenvalue weighted by atomic mass is 9.83. The van der Waals surface area contributed by atoms with Gasteiger partial charge in [-0.15, -0.1) is 0 Å². The van der Waals surface area contributed by atoms with Crippen molar-refractivity contribution in [2.45, 2.75) is 44.0 Å². The monoisotopic (exact) mass is 233 g/mol. The van der Waals surface area contributed by atoms with Gasteiger partial charge < -0.3 is 20.4 Å². The van der Waals surface area contributed by atoms with E-state index in [4.69, 9.17) is 5.11 Å². The number of rotatable bonds is 5. The second-order valence-electron chi connectivity index (χ2n) is 4.61. The van der Waals surface area contributed by atoms with Crippen molar-refractivity contribution >= 4 is 0 Å². The molecule has 5 heteroatoms. The Balaban J connectivity index is 2.56. The summed E-state index contributed by atoms with van der Waals surface area (Å²) in [5.41, 5.74) is -1.56. The van der Waals surface area contributed by atoms with E-state index in [1.165, 1.54) is 0 Å². The average Bonchev–Trinajstić information content (AvgIpc) is 2.24. The van der Waals surface area contributed by atoms with E-state index in [0.29, 0.717) is 13.1 Å². The van der Waals surface area contributed by atoms with E-state index < -0.39 is 17.8 Å². The number of unbranched alkanes of at least 4 members (excludes halogenated alkanes) is 1. The highest BCUT2D eigenvalue weighted by molar-refractivity contribution is 4.99. The van der Waals surface area contributed by atoms with Crippen LogP contribution in [0, 0.1) is 0 Å². The van der Waals surface area contributed by atoms with Gasteiger partial charge in [0.15, 0.2) is 0 Å². The molecule has 0 aromatic rings. The summed E-state index contributed by atoms with van der Waals surface area (Å²) in [7, 11) is 0. The summed E-state index contributed by atoms with van der Waals surface area (Å²) in [5, 5.41) is 38.6. The Hall–Kier alpha value is -0.200. The fourth-order valence-electron chi connectivity index (χ4n) is 2.18. The van der Waals surface area contributed by atoms with E-state index in [9.17, 15) is 15.3 Å². The molecule has 0 saturated carbocycles. The number of hydrogen-bond donors (Lipinski definition) is 4. The standard InChI is InChI=1S/C11H23NO4/c1-2-3-5-12-7-9(14)11(16,4-6-13)10(15)8-12/h9-10,13-16H,2-8H2,1H3/t9-,10+,11?. The molecule has 1 unspecified atom stereocenters. The van der Waals surface area contributed by atoms with E-state index in [1.807, 2.05) is 4.90 Å². The maximum atomic E-state index is 10.1. The summed E-state index contributed by atoms with van der Waals surface area (Å²) in [6.07, 6.45) is 0.0822. The largest absolute Gasteiger partial charge is 0.396 e. The molecule has 0 radical (unpaired) electrons. The van der Waals surface area contributed by atoms with Crippen LogP contribution < -0.4 is 0 Å². The van der Waals surface area contributed by atoms with Crippen molar-refractivity contribution in [3.63, 3.8) is 0 Å². The molecule has 0 aromatic heterocycles. The maximum absolute atomic E-state index is 10.1. The third-order valence-electron chi connectivity index (χ3n) is 3.36. The molecular weight excluding hydrogens is 210 g/mol. The number of piperidine rings is 1. The van der Waals surface area contributed by atoms with Gasteiger partial charge in [0.05, 0.1) is 12.2 Å². The first-order valence-electron chi connectivity index (χ1n) is 5.96. The fourth-order valence-corrected chi connectivity index (χ4v) is 2.18. The number of β-amino-alcohol motifs (C(OH)–C–C–N with tert-alkyl or cyclic N) is 2. The van der Waals surface area contributed by atoms with Gasteiger partial charge in [0, 0.05) is 26.1 Å². The number of likely N-dealkylation sites (tertiary alicyclic amines) is 1. The van der Waals surface area contributed by atoms with Crippen LogP contribution >= 0.6 is 0 Å². The topological polar surface area (TPSA) is 84.2 Å². The molecule has 1 fully saturated rings. The van der Waals surface area contributed by atoms with Crippen molar-refractivity contribution < 1.29 is 20.4 Å². The Labute approximate surface area is 96.3 Å². The van der Waals surface area contributed by atoms with Crippen molar-refractivity contribution in [1.82, 2.24) is 4.90 Å². The first-order valence-corrected chi connectivity index (χ1v) is 5.96. The number of hydrogen-bond acceptors (Lipinski definition) is 5. The van der Waals surface area contributed by atoms with Crippen LogP contribution in [0.2, 0.25) is 0 Å². The van der Waals surface area contributed by atoms with Crippen molar-refractivity contribution in [3.8, 4) is 0 Å². The predicted octanol–water partition coefficient (Wildman–Crippen LogP) is -1.06. The summed E-state index contributed by atoms with van der Waals surface area (Å²) in [6.45, 7) is 3.37. The molecule has 0 spiro atoms. The summed E-state index contributed by atoms with van der Waals surface area (Å²) in [5.74, 6) is 0. The van der Waals surface area contributed by atoms with Crippen molar-refractivity contribution in [1.29, 1.82) is 0 Å². The molecule has 1 heterocycles. The Kier molecular flexibility index (Phi) is 5.14. The van der Waals surface area contributed by atoms with Gasteiger partial charge >= 0.3 is 0 Å². The van der Waals surface area contributed by atoms with Crippen LogP contribution in [0.5, 0.6) is 0 Å². The van der Waals surface area contributed by atoms with Crippen LogP contribution in [0.4, 0.5) is 0 Å². The maximum Gasteiger partial charge on any atom is 0.121 e. The molecule has 1 saturated heterocycles. The minimum Gasteiger partial charge on any atom is -0.396 e. The minimum atomic E-state index is -1.56. The van der Waals surface area contributed by atoms with E-state index >= 15 is 0 Å². The van der Waals surface area contributed by atoms with Crippen molar-refractivity contribution in [2.24, 2.45) is 0 Å². The quantitative estimate of drug-likeness (QED) is 0.486. The van der Waals surface area contributed by atoms with Gasteiger partial charge in [-0.25, -0.2) is 0 Å². The van der Waals surface area contributed by atoms with Gasteiger partial charge in [-0.2, -0.15) is 0 Å². The molecule has 0 aliphatic carbocycles. The first-order chi connectivity index (χ1) is 7.54. The Morgan fingerprint density at radius 3 is 2.25 bits per heavy atom. The highest BCUT2D eigenvalue weighted by Crippen LogP contribution is 2.26. The summed E-state index contributed by atoms with van der Waals surface area (Å²) < 4.78 is 0. The molecule has 1 aliphatic rings. The minimum absolute atomic E-state index is 0.0109. The highest BCUT2D eigenvalue weighted by Gasteiger charge is 2.46. The second-order valence-corrected chi connectivity index (χ2v) is 4.61. The van der Waals surface area contributed by atoms with Crippen LogP contribution in [0.15, 0.2) is 0 Å². The Morgan fingerprint density at radius 2 is 1.81 bits per heavy atom. The van der Waals surface area contributed by atoms with Crippen molar-refractivity contribution in [2.75, 3.05) is 26.2 Å². The lowest BCUT2D eigenvalue weighted by Gasteiger charge is -2.45. The van der Waals surface area contributed by atoms with Crippen LogP contribution in [0.3, 0.4) is 0 Å². The van der Waals surface area contributed by atoms with E-state index in [2.05, 4.69) is 6.92 Å². The molecule has 0 bridgehead atoms. The lowest BCUT2D eigenvalue weighted by molar-refractivity contribution is -0.190. The molecule has 0 amide bonds. The zero-order valence-electron chi connectivity index (χ0n) is 9.84. The van der Waals surface area contributed by atoms with Crippen LogP contribution in [0.1, 0.15) is 26.2 Å². The molecule has 5 nitrogen and oxygen atoms in total. The molecular formula is C11H23NO4. The lowest BCUT2D eigenvalue weighted by Crippen LogP contribution is -2.64. The number of aliphatic hydroxyl groups excluding tert-OH is 3. The predicted molar refractivity (Wildman–Crippen MR) is 60.0 cm³/mol. The summed E-state index contributed by atoms with van der Waals surface area (Å²) in [6, 6.07) is 0. The van der Waals surface area contributed by atoms with Gasteiger partial charge in [-0.1, -0.05) is 13.3 Å². The average molecular weight is 233 g/mol. The molecule has 3 atom stereocenters.